The fourth-order valence-corrected chi connectivity index (χ4v) is 3.77. The number of ether oxygens (including phenoxy) is 1. The van der Waals surface area contributed by atoms with Gasteiger partial charge in [0.25, 0.3) is 11.8 Å². The molecule has 10 nitrogen and oxygen atoms in total. The molecule has 3 amide bonds. The van der Waals surface area contributed by atoms with E-state index in [1.54, 1.807) is 4.90 Å². The highest BCUT2D eigenvalue weighted by molar-refractivity contribution is 5.94. The van der Waals surface area contributed by atoms with Crippen LogP contribution in [0.1, 0.15) is 26.7 Å². The second-order valence-corrected chi connectivity index (χ2v) is 7.37. The predicted molar refractivity (Wildman–Crippen MR) is 99.8 cm³/mol. The van der Waals surface area contributed by atoms with E-state index >= 15 is 0 Å². The molecule has 3 heterocycles. The number of nitrogens with one attached hydrogen (secondary N) is 2. The smallest absolute Gasteiger partial charge is 0.433 e. The fourth-order valence-electron chi connectivity index (χ4n) is 3.77. The van der Waals surface area contributed by atoms with Crippen LogP contribution < -0.4 is 15.6 Å². The Labute approximate surface area is 179 Å². The van der Waals surface area contributed by atoms with E-state index in [-0.39, 0.29) is 53.9 Å². The minimum atomic E-state index is -4.53. The molecule has 1 aliphatic carbocycles. The van der Waals surface area contributed by atoms with E-state index in [2.05, 4.69) is 20.4 Å². The third-order valence-electron chi connectivity index (χ3n) is 5.44. The molecule has 4 rings (SSSR count). The summed E-state index contributed by atoms with van der Waals surface area (Å²) in [6, 6.07) is 3.50. The van der Waals surface area contributed by atoms with Crippen LogP contribution in [0.25, 0.3) is 0 Å². The second-order valence-electron chi connectivity index (χ2n) is 7.37. The normalized spacial score (nSPS) is 21.5. The number of aromatic nitrogens is 3. The number of pyridine rings is 1. The van der Waals surface area contributed by atoms with Crippen LogP contribution in [-0.2, 0) is 11.0 Å². The van der Waals surface area contributed by atoms with Gasteiger partial charge >= 0.3 is 6.18 Å². The third-order valence-corrected chi connectivity index (χ3v) is 5.44. The molecule has 168 valence electrons. The molecule has 0 unspecified atom stereocenters. The highest BCUT2D eigenvalue weighted by Crippen LogP contribution is 2.51. The van der Waals surface area contributed by atoms with Crippen molar-refractivity contribution in [3.8, 4) is 5.88 Å². The number of fused-ring (bicyclic) bond motifs is 1. The maximum atomic E-state index is 12.7. The van der Waals surface area contributed by atoms with Crippen LogP contribution in [0, 0.1) is 17.8 Å². The number of rotatable bonds is 7. The van der Waals surface area contributed by atoms with E-state index in [0.29, 0.717) is 13.1 Å². The Hall–Kier alpha value is -3.77. The van der Waals surface area contributed by atoms with Gasteiger partial charge in [0.2, 0.25) is 12.3 Å². The molecule has 0 bridgehead atoms. The van der Waals surface area contributed by atoms with Crippen LogP contribution in [0.15, 0.2) is 30.6 Å². The molecule has 2 aromatic rings. The molecule has 32 heavy (non-hydrogen) atoms. The van der Waals surface area contributed by atoms with Crippen LogP contribution in [0.4, 0.5) is 13.2 Å². The summed E-state index contributed by atoms with van der Waals surface area (Å²) in [4.78, 5) is 47.4. The van der Waals surface area contributed by atoms with Gasteiger partial charge in [0.1, 0.15) is 17.1 Å². The average molecular weight is 450 g/mol. The first-order valence-corrected chi connectivity index (χ1v) is 9.56. The Balaban J connectivity index is 1.27. The van der Waals surface area contributed by atoms with Crippen molar-refractivity contribution >= 4 is 18.2 Å². The number of carbonyl (C=O) groups excluding carboxylic acids is 3. The summed E-state index contributed by atoms with van der Waals surface area (Å²) in [7, 11) is 0. The zero-order valence-corrected chi connectivity index (χ0v) is 16.4. The van der Waals surface area contributed by atoms with Crippen LogP contribution >= 0.6 is 0 Å². The molecule has 3 atom stereocenters. The number of alkyl halides is 3. The van der Waals surface area contributed by atoms with Gasteiger partial charge in [-0.25, -0.2) is 15.0 Å². The second kappa shape index (κ2) is 8.40. The monoisotopic (exact) mass is 450 g/mol. The molecular formula is C19H17F3N6O4. The zero-order chi connectivity index (χ0) is 22.9. The number of hydrazine groups is 1. The summed E-state index contributed by atoms with van der Waals surface area (Å²) in [5, 5.41) is 0. The van der Waals surface area contributed by atoms with Gasteiger partial charge in [-0.15, -0.1) is 0 Å². The standard InChI is InChI=1S/C19H17F3N6O4/c20-19(21,22)15-2-1-3-16(26-15)32-8-12-10-6-28(7-11(10)12)18(31)14-5-23-13(4-24-14)17(30)27-25-9-29/h1-5,9-12H,6-8H2,(H,25,29)(H,27,30)/t10-,11+,12+. The first-order chi connectivity index (χ1) is 15.3. The molecule has 2 fully saturated rings. The molecule has 1 saturated carbocycles. The zero-order valence-electron chi connectivity index (χ0n) is 16.4. The molecule has 2 N–H and O–H groups in total. The van der Waals surface area contributed by atoms with Gasteiger partial charge in [0, 0.05) is 25.1 Å². The van der Waals surface area contributed by atoms with Crippen LogP contribution in [0.2, 0.25) is 0 Å². The minimum absolute atomic E-state index is 0.0689. The molecule has 1 aliphatic heterocycles. The van der Waals surface area contributed by atoms with Gasteiger partial charge in [-0.3, -0.25) is 25.2 Å². The van der Waals surface area contributed by atoms with Crippen LogP contribution in [-0.4, -0.2) is 57.8 Å². The molecule has 2 aliphatic rings. The Morgan fingerprint density at radius 3 is 2.47 bits per heavy atom. The van der Waals surface area contributed by atoms with Crippen molar-refractivity contribution < 1.29 is 32.3 Å². The first-order valence-electron chi connectivity index (χ1n) is 9.56. The van der Waals surface area contributed by atoms with Gasteiger partial charge in [-0.05, 0) is 17.9 Å². The van der Waals surface area contributed by atoms with Crippen molar-refractivity contribution in [2.45, 2.75) is 6.18 Å². The quantitative estimate of drug-likeness (QED) is 0.469. The van der Waals surface area contributed by atoms with Crippen molar-refractivity contribution in [1.29, 1.82) is 0 Å². The molecular weight excluding hydrogens is 433 g/mol. The molecule has 1 saturated heterocycles. The van der Waals surface area contributed by atoms with Gasteiger partial charge in [-0.1, -0.05) is 6.07 Å². The van der Waals surface area contributed by atoms with E-state index in [4.69, 9.17) is 4.74 Å². The lowest BCUT2D eigenvalue weighted by Gasteiger charge is -2.19. The number of piperidine rings is 1. The van der Waals surface area contributed by atoms with Crippen molar-refractivity contribution in [3.63, 3.8) is 0 Å². The summed E-state index contributed by atoms with van der Waals surface area (Å²) >= 11 is 0. The molecule has 0 spiro atoms. The van der Waals surface area contributed by atoms with Crippen molar-refractivity contribution in [3.05, 3.63) is 47.7 Å². The number of hydrogen-bond acceptors (Lipinski definition) is 7. The Morgan fingerprint density at radius 2 is 1.84 bits per heavy atom. The lowest BCUT2D eigenvalue weighted by atomic mass is 10.2. The Morgan fingerprint density at radius 1 is 1.16 bits per heavy atom. The predicted octanol–water partition coefficient (Wildman–Crippen LogP) is 0.678. The van der Waals surface area contributed by atoms with E-state index in [9.17, 15) is 27.6 Å². The molecule has 13 heteroatoms. The SMILES string of the molecule is O=CNNC(=O)c1cnc(C(=O)N2C[C@@H]3[C@@H](COc4cccc(C(F)(F)F)n4)[C@@H]3C2)cn1. The van der Waals surface area contributed by atoms with Gasteiger partial charge in [0.15, 0.2) is 0 Å². The van der Waals surface area contributed by atoms with E-state index in [1.807, 2.05) is 5.43 Å². The van der Waals surface area contributed by atoms with E-state index in [1.165, 1.54) is 18.3 Å². The number of hydrogen-bond donors (Lipinski definition) is 2. The summed E-state index contributed by atoms with van der Waals surface area (Å²) in [5.41, 5.74) is 3.06. The minimum Gasteiger partial charge on any atom is -0.477 e. The number of likely N-dealkylation sites (tertiary alicyclic amines) is 1. The van der Waals surface area contributed by atoms with E-state index < -0.39 is 17.8 Å². The van der Waals surface area contributed by atoms with Gasteiger partial charge < -0.3 is 9.64 Å². The van der Waals surface area contributed by atoms with Gasteiger partial charge in [-0.2, -0.15) is 13.2 Å². The van der Waals surface area contributed by atoms with Crippen LogP contribution in [0.5, 0.6) is 5.88 Å². The highest BCUT2D eigenvalue weighted by Gasteiger charge is 2.57. The molecule has 0 aromatic carbocycles. The summed E-state index contributed by atoms with van der Waals surface area (Å²) in [6.07, 6.45) is -1.93. The van der Waals surface area contributed by atoms with Crippen LogP contribution in [0.3, 0.4) is 0 Å². The maximum absolute atomic E-state index is 12.7. The van der Waals surface area contributed by atoms with Gasteiger partial charge in [0.05, 0.1) is 19.0 Å². The van der Waals surface area contributed by atoms with Crippen molar-refractivity contribution in [2.24, 2.45) is 17.8 Å². The summed E-state index contributed by atoms with van der Waals surface area (Å²) in [5.74, 6) is -0.571. The third kappa shape index (κ3) is 4.45. The number of carbonyl (C=O) groups is 3. The van der Waals surface area contributed by atoms with Crippen molar-refractivity contribution in [2.75, 3.05) is 19.7 Å². The van der Waals surface area contributed by atoms with Crippen molar-refractivity contribution in [1.82, 2.24) is 30.7 Å². The average Bonchev–Trinajstić information content (AvgIpc) is 3.23. The lowest BCUT2D eigenvalue weighted by Crippen LogP contribution is -2.37. The number of nitrogens with zero attached hydrogens (tertiary/aromatic N) is 4. The lowest BCUT2D eigenvalue weighted by molar-refractivity contribution is -0.141. The molecule has 2 aromatic heterocycles. The highest BCUT2D eigenvalue weighted by atomic mass is 19.4. The molecule has 0 radical (unpaired) electrons. The maximum Gasteiger partial charge on any atom is 0.433 e. The Bertz CT molecular complexity index is 1020. The number of amides is 3. The summed E-state index contributed by atoms with van der Waals surface area (Å²) in [6.45, 7) is 1.17. The first kappa shape index (κ1) is 21.5. The van der Waals surface area contributed by atoms with E-state index in [0.717, 1.165) is 12.3 Å². The largest absolute Gasteiger partial charge is 0.477 e. The Kier molecular flexibility index (Phi) is 5.63. The summed E-state index contributed by atoms with van der Waals surface area (Å²) < 4.78 is 43.7. The fraction of sp³-hybridized carbons (Fsp3) is 0.368. The topological polar surface area (TPSA) is 126 Å². The number of halogens is 3.